The quantitative estimate of drug-likeness (QED) is 0.659. The molecule has 0 heterocycles. The maximum Gasteiger partial charge on any atom is 0.164 e. The molecule has 114 valence electrons. The van der Waals surface area contributed by atoms with Crippen LogP contribution in [0.2, 0.25) is 0 Å². The molecule has 0 bridgehead atoms. The van der Waals surface area contributed by atoms with E-state index in [1.165, 1.54) is 0 Å². The Hall–Kier alpha value is -1.50. The number of benzene rings is 1. The van der Waals surface area contributed by atoms with E-state index in [9.17, 15) is 5.11 Å². The van der Waals surface area contributed by atoms with Crippen molar-refractivity contribution in [3.8, 4) is 17.2 Å². The first kappa shape index (κ1) is 16.6. The minimum absolute atomic E-state index is 0.398. The van der Waals surface area contributed by atoms with E-state index in [2.05, 4.69) is 5.32 Å². The average Bonchev–Trinajstić information content (AvgIpc) is 2.49. The Bertz CT molecular complexity index is 411. The lowest BCUT2D eigenvalue weighted by atomic mass is 10.1. The first-order valence-electron chi connectivity index (χ1n) is 6.35. The van der Waals surface area contributed by atoms with Gasteiger partial charge in [-0.05, 0) is 6.07 Å². The molecule has 0 aliphatic carbocycles. The predicted molar refractivity (Wildman–Crippen MR) is 75.8 cm³/mol. The molecular weight excluding hydrogens is 262 g/mol. The molecule has 6 heteroatoms. The summed E-state index contributed by atoms with van der Waals surface area (Å²) in [4.78, 5) is 0. The predicted octanol–water partition coefficient (Wildman–Crippen LogP) is 0.982. The summed E-state index contributed by atoms with van der Waals surface area (Å²) in [7, 11) is 6.29. The monoisotopic (exact) mass is 285 g/mol. The van der Waals surface area contributed by atoms with Gasteiger partial charge in [0.15, 0.2) is 11.5 Å². The van der Waals surface area contributed by atoms with Gasteiger partial charge in [0.25, 0.3) is 0 Å². The molecule has 0 fully saturated rings. The highest BCUT2D eigenvalue weighted by atomic mass is 16.5. The van der Waals surface area contributed by atoms with Crippen LogP contribution in [0.3, 0.4) is 0 Å². The number of aliphatic hydroxyl groups is 1. The lowest BCUT2D eigenvalue weighted by Gasteiger charge is -2.18. The summed E-state index contributed by atoms with van der Waals surface area (Å²) in [5, 5.41) is 13.3. The van der Waals surface area contributed by atoms with Crippen LogP contribution in [-0.4, -0.2) is 53.2 Å². The summed E-state index contributed by atoms with van der Waals surface area (Å²) in [5.74, 6) is 1.68. The highest BCUT2D eigenvalue weighted by molar-refractivity contribution is 5.51. The first-order valence-corrected chi connectivity index (χ1v) is 6.35. The van der Waals surface area contributed by atoms with Crippen molar-refractivity contribution in [2.75, 3.05) is 48.1 Å². The van der Waals surface area contributed by atoms with Gasteiger partial charge in [0.2, 0.25) is 0 Å². The SMILES string of the molecule is COCCNCC(O)c1cc(OC)c(OC)cc1OC. The second-order valence-electron chi connectivity index (χ2n) is 4.16. The fourth-order valence-corrected chi connectivity index (χ4v) is 1.84. The van der Waals surface area contributed by atoms with Crippen LogP contribution in [0, 0.1) is 0 Å². The molecule has 0 aliphatic rings. The Kier molecular flexibility index (Phi) is 7.14. The van der Waals surface area contributed by atoms with Crippen LogP contribution >= 0.6 is 0 Å². The van der Waals surface area contributed by atoms with E-state index in [4.69, 9.17) is 18.9 Å². The van der Waals surface area contributed by atoms with Crippen LogP contribution < -0.4 is 19.5 Å². The Balaban J connectivity index is 2.86. The number of nitrogens with one attached hydrogen (secondary N) is 1. The first-order chi connectivity index (χ1) is 9.67. The van der Waals surface area contributed by atoms with Crippen LogP contribution in [0.5, 0.6) is 17.2 Å². The van der Waals surface area contributed by atoms with E-state index in [0.717, 1.165) is 0 Å². The summed E-state index contributed by atoms with van der Waals surface area (Å²) in [6.07, 6.45) is -0.707. The van der Waals surface area contributed by atoms with Gasteiger partial charge in [0, 0.05) is 31.8 Å². The lowest BCUT2D eigenvalue weighted by Crippen LogP contribution is -2.25. The molecule has 0 aromatic heterocycles. The van der Waals surface area contributed by atoms with E-state index >= 15 is 0 Å². The summed E-state index contributed by atoms with van der Waals surface area (Å²) in [5.41, 5.74) is 0.648. The largest absolute Gasteiger partial charge is 0.496 e. The van der Waals surface area contributed by atoms with Crippen LogP contribution in [-0.2, 0) is 4.74 Å². The normalized spacial score (nSPS) is 12.1. The van der Waals surface area contributed by atoms with E-state index in [1.54, 1.807) is 40.6 Å². The minimum Gasteiger partial charge on any atom is -0.496 e. The molecule has 6 nitrogen and oxygen atoms in total. The van der Waals surface area contributed by atoms with Crippen molar-refractivity contribution in [1.29, 1.82) is 0 Å². The number of hydrogen-bond acceptors (Lipinski definition) is 6. The van der Waals surface area contributed by atoms with E-state index in [0.29, 0.717) is 42.5 Å². The van der Waals surface area contributed by atoms with Gasteiger partial charge in [0.1, 0.15) is 5.75 Å². The molecule has 0 radical (unpaired) electrons. The minimum atomic E-state index is -0.707. The van der Waals surface area contributed by atoms with Gasteiger partial charge in [-0.3, -0.25) is 0 Å². The zero-order valence-electron chi connectivity index (χ0n) is 12.4. The molecule has 1 aromatic carbocycles. The highest BCUT2D eigenvalue weighted by Crippen LogP contribution is 2.37. The zero-order valence-corrected chi connectivity index (χ0v) is 12.4. The third kappa shape index (κ3) is 4.26. The number of rotatable bonds is 9. The Labute approximate surface area is 119 Å². The molecule has 0 amide bonds. The summed E-state index contributed by atoms with van der Waals surface area (Å²) >= 11 is 0. The zero-order chi connectivity index (χ0) is 15.0. The molecule has 2 N–H and O–H groups in total. The molecule has 1 unspecified atom stereocenters. The Morgan fingerprint density at radius 3 is 2.15 bits per heavy atom. The second kappa shape index (κ2) is 8.63. The van der Waals surface area contributed by atoms with Gasteiger partial charge >= 0.3 is 0 Å². The topological polar surface area (TPSA) is 69.2 Å². The molecule has 1 atom stereocenters. The second-order valence-corrected chi connectivity index (χ2v) is 4.16. The average molecular weight is 285 g/mol. The molecule has 1 aromatic rings. The molecule has 1 rings (SSSR count). The Morgan fingerprint density at radius 1 is 1.00 bits per heavy atom. The molecule has 0 saturated heterocycles. The standard InChI is InChI=1S/C14H23NO5/c1-17-6-5-15-9-11(16)10-7-13(19-3)14(20-4)8-12(10)18-2/h7-8,11,15-16H,5-6,9H2,1-4H3. The highest BCUT2D eigenvalue weighted by Gasteiger charge is 2.17. The van der Waals surface area contributed by atoms with Crippen molar-refractivity contribution >= 4 is 0 Å². The van der Waals surface area contributed by atoms with Crippen LogP contribution in [0.1, 0.15) is 11.7 Å². The molecule has 0 spiro atoms. The van der Waals surface area contributed by atoms with Gasteiger partial charge in [-0.25, -0.2) is 0 Å². The maximum absolute atomic E-state index is 10.2. The van der Waals surface area contributed by atoms with Gasteiger partial charge < -0.3 is 29.4 Å². The molecular formula is C14H23NO5. The van der Waals surface area contributed by atoms with Crippen molar-refractivity contribution in [2.45, 2.75) is 6.10 Å². The summed E-state index contributed by atoms with van der Waals surface area (Å²) in [6.45, 7) is 1.66. The van der Waals surface area contributed by atoms with Gasteiger partial charge in [-0.1, -0.05) is 0 Å². The smallest absolute Gasteiger partial charge is 0.164 e. The molecule has 0 saturated carbocycles. The number of methoxy groups -OCH3 is 4. The third-order valence-electron chi connectivity index (χ3n) is 2.92. The van der Waals surface area contributed by atoms with Crippen molar-refractivity contribution in [1.82, 2.24) is 5.32 Å². The van der Waals surface area contributed by atoms with Gasteiger partial charge in [-0.15, -0.1) is 0 Å². The van der Waals surface area contributed by atoms with Crippen LogP contribution in [0.25, 0.3) is 0 Å². The van der Waals surface area contributed by atoms with E-state index in [1.807, 2.05) is 0 Å². The molecule has 0 aliphatic heterocycles. The number of aliphatic hydroxyl groups excluding tert-OH is 1. The number of ether oxygens (including phenoxy) is 4. The van der Waals surface area contributed by atoms with Crippen LogP contribution in [0.4, 0.5) is 0 Å². The van der Waals surface area contributed by atoms with E-state index < -0.39 is 6.10 Å². The lowest BCUT2D eigenvalue weighted by molar-refractivity contribution is 0.158. The van der Waals surface area contributed by atoms with Gasteiger partial charge in [-0.2, -0.15) is 0 Å². The van der Waals surface area contributed by atoms with Crippen LogP contribution in [0.15, 0.2) is 12.1 Å². The fraction of sp³-hybridized carbons (Fsp3) is 0.571. The van der Waals surface area contributed by atoms with Crippen molar-refractivity contribution in [2.24, 2.45) is 0 Å². The van der Waals surface area contributed by atoms with Gasteiger partial charge in [0.05, 0.1) is 34.0 Å². The third-order valence-corrected chi connectivity index (χ3v) is 2.92. The fourth-order valence-electron chi connectivity index (χ4n) is 1.84. The molecule has 20 heavy (non-hydrogen) atoms. The van der Waals surface area contributed by atoms with Crippen molar-refractivity contribution in [3.05, 3.63) is 17.7 Å². The maximum atomic E-state index is 10.2. The summed E-state index contributed by atoms with van der Waals surface area (Å²) in [6, 6.07) is 3.42. The van der Waals surface area contributed by atoms with Crippen molar-refractivity contribution < 1.29 is 24.1 Å². The summed E-state index contributed by atoms with van der Waals surface area (Å²) < 4.78 is 20.7. The Morgan fingerprint density at radius 2 is 1.60 bits per heavy atom. The number of hydrogen-bond donors (Lipinski definition) is 2. The van der Waals surface area contributed by atoms with Crippen molar-refractivity contribution in [3.63, 3.8) is 0 Å². The van der Waals surface area contributed by atoms with E-state index in [-0.39, 0.29) is 0 Å².